The number of anilines is 1. The van der Waals surface area contributed by atoms with E-state index < -0.39 is 0 Å². The van der Waals surface area contributed by atoms with Crippen LogP contribution in [0.4, 0.5) is 5.95 Å². The molecule has 2 heterocycles. The zero-order chi connectivity index (χ0) is 14.9. The van der Waals surface area contributed by atoms with Gasteiger partial charge in [0, 0.05) is 0 Å². The Labute approximate surface area is 131 Å². The highest BCUT2D eigenvalue weighted by Crippen LogP contribution is 2.29. The quantitative estimate of drug-likeness (QED) is 0.723. The van der Waals surface area contributed by atoms with Crippen molar-refractivity contribution in [3.63, 3.8) is 0 Å². The minimum absolute atomic E-state index is 0.369. The van der Waals surface area contributed by atoms with Gasteiger partial charge in [0.25, 0.3) is 0 Å². The summed E-state index contributed by atoms with van der Waals surface area (Å²) in [4.78, 5) is 0. The first-order valence-electron chi connectivity index (χ1n) is 8.21. The minimum atomic E-state index is 0.369. The van der Waals surface area contributed by atoms with Gasteiger partial charge in [0.2, 0.25) is 0 Å². The Morgan fingerprint density at radius 1 is 1.09 bits per heavy atom. The molecule has 0 saturated carbocycles. The van der Waals surface area contributed by atoms with Crippen molar-refractivity contribution in [2.75, 3.05) is 5.32 Å². The molecule has 0 amide bonds. The van der Waals surface area contributed by atoms with Crippen LogP contribution in [0.15, 0.2) is 54.6 Å². The molecule has 1 aliphatic rings. The fraction of sp³-hybridized carbons (Fsp3) is 0.316. The lowest BCUT2D eigenvalue weighted by atomic mass is 10.1. The monoisotopic (exact) mass is 292 g/mol. The molecular weight excluding hydrogens is 270 g/mol. The number of nitrogens with one attached hydrogen (secondary N) is 1. The van der Waals surface area contributed by atoms with E-state index >= 15 is 0 Å². The molecular formula is C19H22N3+. The van der Waals surface area contributed by atoms with Gasteiger partial charge in [-0.2, -0.15) is 0 Å². The molecule has 112 valence electrons. The molecule has 1 N–H and O–H groups in total. The van der Waals surface area contributed by atoms with E-state index in [2.05, 4.69) is 76.0 Å². The Bertz CT molecular complexity index is 789. The van der Waals surface area contributed by atoms with Crippen LogP contribution >= 0.6 is 0 Å². The van der Waals surface area contributed by atoms with Gasteiger partial charge in [-0.1, -0.05) is 55.8 Å². The largest absolute Gasteiger partial charge is 0.359 e. The lowest BCUT2D eigenvalue weighted by molar-refractivity contribution is -0.648. The van der Waals surface area contributed by atoms with Gasteiger partial charge in [-0.15, -0.1) is 0 Å². The average molecular weight is 292 g/mol. The second kappa shape index (κ2) is 5.48. The van der Waals surface area contributed by atoms with Crippen molar-refractivity contribution in [3.8, 4) is 0 Å². The van der Waals surface area contributed by atoms with Crippen LogP contribution in [0.5, 0.6) is 0 Å². The Balaban J connectivity index is 1.76. The number of aryl methyl sites for hydroxylation is 1. The van der Waals surface area contributed by atoms with Crippen molar-refractivity contribution >= 4 is 17.0 Å². The minimum Gasteiger partial charge on any atom is -0.267 e. The molecule has 22 heavy (non-hydrogen) atoms. The van der Waals surface area contributed by atoms with Crippen molar-refractivity contribution in [2.24, 2.45) is 0 Å². The van der Waals surface area contributed by atoms with Crippen LogP contribution in [-0.2, 0) is 13.1 Å². The van der Waals surface area contributed by atoms with Crippen molar-refractivity contribution < 1.29 is 4.57 Å². The number of aromatic nitrogens is 2. The molecule has 3 aromatic rings. The smallest absolute Gasteiger partial charge is 0.267 e. The lowest BCUT2D eigenvalue weighted by Crippen LogP contribution is -2.30. The van der Waals surface area contributed by atoms with E-state index in [0.717, 1.165) is 13.1 Å². The number of rotatable bonds is 4. The summed E-state index contributed by atoms with van der Waals surface area (Å²) < 4.78 is 4.88. The Morgan fingerprint density at radius 3 is 2.68 bits per heavy atom. The zero-order valence-electron chi connectivity index (χ0n) is 13.0. The van der Waals surface area contributed by atoms with Crippen LogP contribution in [0.2, 0.25) is 0 Å². The maximum Gasteiger partial charge on any atom is 0.359 e. The first-order chi connectivity index (χ1) is 10.9. The van der Waals surface area contributed by atoms with E-state index in [1.54, 1.807) is 0 Å². The highest BCUT2D eigenvalue weighted by molar-refractivity contribution is 5.74. The zero-order valence-corrected chi connectivity index (χ0v) is 13.0. The molecule has 0 unspecified atom stereocenters. The van der Waals surface area contributed by atoms with Crippen molar-refractivity contribution in [1.82, 2.24) is 4.57 Å². The first kappa shape index (κ1) is 13.4. The molecule has 0 spiro atoms. The molecule has 1 aliphatic heterocycles. The van der Waals surface area contributed by atoms with Gasteiger partial charge < -0.3 is 0 Å². The van der Waals surface area contributed by atoms with E-state index in [4.69, 9.17) is 0 Å². The van der Waals surface area contributed by atoms with Crippen LogP contribution in [-0.4, -0.2) is 4.57 Å². The molecule has 0 aliphatic carbocycles. The Kier molecular flexibility index (Phi) is 3.34. The molecule has 0 saturated heterocycles. The van der Waals surface area contributed by atoms with E-state index in [1.165, 1.54) is 35.4 Å². The summed E-state index contributed by atoms with van der Waals surface area (Å²) in [6.45, 7) is 4.33. The van der Waals surface area contributed by atoms with Crippen LogP contribution in [0.1, 0.15) is 31.4 Å². The van der Waals surface area contributed by atoms with Gasteiger partial charge in [0.05, 0.1) is 6.54 Å². The highest BCUT2D eigenvalue weighted by Gasteiger charge is 2.34. The summed E-state index contributed by atoms with van der Waals surface area (Å²) in [6, 6.07) is 19.8. The topological polar surface area (TPSA) is 20.8 Å². The van der Waals surface area contributed by atoms with Gasteiger partial charge in [-0.25, -0.2) is 9.13 Å². The normalized spacial score (nSPS) is 16.7. The Morgan fingerprint density at radius 2 is 1.86 bits per heavy atom. The van der Waals surface area contributed by atoms with Gasteiger partial charge in [0.1, 0.15) is 23.6 Å². The van der Waals surface area contributed by atoms with Crippen molar-refractivity contribution in [3.05, 3.63) is 60.2 Å². The number of fused-ring (bicyclic) bond motifs is 3. The molecule has 1 atom stereocenters. The summed E-state index contributed by atoms with van der Waals surface area (Å²) in [6.07, 6.45) is 2.43. The number of hydrogen-bond donors (Lipinski definition) is 1. The van der Waals surface area contributed by atoms with E-state index in [9.17, 15) is 0 Å². The van der Waals surface area contributed by atoms with Crippen LogP contribution in [0.3, 0.4) is 0 Å². The van der Waals surface area contributed by atoms with Gasteiger partial charge in [0.15, 0.2) is 0 Å². The summed E-state index contributed by atoms with van der Waals surface area (Å²) >= 11 is 0. The van der Waals surface area contributed by atoms with E-state index in [-0.39, 0.29) is 0 Å². The fourth-order valence-electron chi connectivity index (χ4n) is 3.44. The molecule has 0 radical (unpaired) electrons. The molecule has 3 heteroatoms. The third-order valence-electron chi connectivity index (χ3n) is 4.58. The standard InChI is InChI=1S/C19H21N3/c1-2-3-13-21-17-11-7-8-12-18(17)22-14-16(20-19(21)22)15-9-5-4-6-10-15/h4-12,16H,2-3,13-14H2,1H3/p+1/t16-/m1/s1. The average Bonchev–Trinajstić information content (AvgIpc) is 3.12. The number of imidazole rings is 1. The second-order valence-corrected chi connectivity index (χ2v) is 6.04. The third kappa shape index (κ3) is 2.08. The van der Waals surface area contributed by atoms with Crippen LogP contribution in [0, 0.1) is 0 Å². The second-order valence-electron chi connectivity index (χ2n) is 6.04. The summed E-state index contributed by atoms with van der Waals surface area (Å²) in [5.74, 6) is 1.25. The van der Waals surface area contributed by atoms with Crippen molar-refractivity contribution in [2.45, 2.75) is 38.9 Å². The SMILES string of the molecule is CCCCn1c2[n+](c3ccccc31)C[C@H](c1ccccc1)N2. The maximum atomic E-state index is 3.74. The first-order valence-corrected chi connectivity index (χ1v) is 8.21. The summed E-state index contributed by atoms with van der Waals surface area (Å²) in [5.41, 5.74) is 4.03. The van der Waals surface area contributed by atoms with E-state index in [1.807, 2.05) is 0 Å². The number of unbranched alkanes of at least 4 members (excludes halogenated alkanes) is 1. The molecule has 0 fully saturated rings. The molecule has 4 rings (SSSR count). The molecule has 3 nitrogen and oxygen atoms in total. The summed E-state index contributed by atoms with van der Waals surface area (Å²) in [5, 5.41) is 3.74. The van der Waals surface area contributed by atoms with Crippen LogP contribution in [0.25, 0.3) is 11.0 Å². The van der Waals surface area contributed by atoms with Crippen LogP contribution < -0.4 is 9.88 Å². The fourth-order valence-corrected chi connectivity index (χ4v) is 3.44. The predicted molar refractivity (Wildman–Crippen MR) is 89.8 cm³/mol. The molecule has 0 bridgehead atoms. The number of benzene rings is 2. The van der Waals surface area contributed by atoms with Gasteiger partial charge in [-0.3, -0.25) is 5.32 Å². The van der Waals surface area contributed by atoms with Crippen molar-refractivity contribution in [1.29, 1.82) is 0 Å². The lowest BCUT2D eigenvalue weighted by Gasteiger charge is -2.08. The van der Waals surface area contributed by atoms with Gasteiger partial charge >= 0.3 is 5.95 Å². The molecule has 1 aromatic heterocycles. The summed E-state index contributed by atoms with van der Waals surface area (Å²) in [7, 11) is 0. The third-order valence-corrected chi connectivity index (χ3v) is 4.58. The van der Waals surface area contributed by atoms with Gasteiger partial charge in [-0.05, 0) is 24.1 Å². The van der Waals surface area contributed by atoms with E-state index in [0.29, 0.717) is 6.04 Å². The number of hydrogen-bond acceptors (Lipinski definition) is 1. The number of nitrogens with zero attached hydrogens (tertiary/aromatic N) is 2. The highest BCUT2D eigenvalue weighted by atomic mass is 15.3. The number of para-hydroxylation sites is 2. The predicted octanol–water partition coefficient (Wildman–Crippen LogP) is 3.90. The Hall–Kier alpha value is -2.29. The maximum absolute atomic E-state index is 3.74. The molecule has 2 aromatic carbocycles.